The smallest absolute Gasteiger partial charge is 0.237 e. The van der Waals surface area contributed by atoms with Gasteiger partial charge in [0.2, 0.25) is 5.91 Å². The van der Waals surface area contributed by atoms with E-state index >= 15 is 0 Å². The van der Waals surface area contributed by atoms with Gasteiger partial charge in [0.05, 0.1) is 25.4 Å². The summed E-state index contributed by atoms with van der Waals surface area (Å²) in [5.41, 5.74) is 0. The molecule has 2 aliphatic rings. The zero-order valence-corrected chi connectivity index (χ0v) is 11.7. The first kappa shape index (κ1) is 13.8. The van der Waals surface area contributed by atoms with E-state index in [-0.39, 0.29) is 12.1 Å². The van der Waals surface area contributed by atoms with Crippen molar-refractivity contribution in [1.29, 1.82) is 0 Å². The highest BCUT2D eigenvalue weighted by Gasteiger charge is 2.30. The Morgan fingerprint density at radius 3 is 2.78 bits per heavy atom. The van der Waals surface area contributed by atoms with Crippen LogP contribution in [0.15, 0.2) is 0 Å². The van der Waals surface area contributed by atoms with Crippen molar-refractivity contribution >= 4 is 5.91 Å². The van der Waals surface area contributed by atoms with E-state index in [1.54, 1.807) is 0 Å². The predicted octanol–water partition coefficient (Wildman–Crippen LogP) is 1.75. The summed E-state index contributed by atoms with van der Waals surface area (Å²) in [6, 6.07) is 0. The predicted molar refractivity (Wildman–Crippen MR) is 71.2 cm³/mol. The van der Waals surface area contributed by atoms with Gasteiger partial charge in [0.15, 0.2) is 0 Å². The Hall–Kier alpha value is -0.610. The average Bonchev–Trinajstić information content (AvgIpc) is 2.92. The molecule has 4 nitrogen and oxygen atoms in total. The molecule has 1 N–H and O–H groups in total. The highest BCUT2D eigenvalue weighted by atomic mass is 16.5. The molecule has 0 aromatic rings. The van der Waals surface area contributed by atoms with Crippen LogP contribution in [0, 0.1) is 5.92 Å². The lowest BCUT2D eigenvalue weighted by Crippen LogP contribution is -2.40. The number of carbonyl (C=O) groups is 1. The number of nitrogens with one attached hydrogen (secondary N) is 1. The van der Waals surface area contributed by atoms with E-state index in [0.29, 0.717) is 25.2 Å². The third-order valence-electron chi connectivity index (χ3n) is 3.87. The van der Waals surface area contributed by atoms with Gasteiger partial charge in [0.25, 0.3) is 0 Å². The molecule has 0 bridgehead atoms. The molecule has 0 aromatic heterocycles. The second kappa shape index (κ2) is 6.53. The number of amides is 1. The van der Waals surface area contributed by atoms with E-state index < -0.39 is 0 Å². The van der Waals surface area contributed by atoms with Crippen LogP contribution >= 0.6 is 0 Å². The summed E-state index contributed by atoms with van der Waals surface area (Å²) >= 11 is 0. The van der Waals surface area contributed by atoms with Gasteiger partial charge in [-0.05, 0) is 25.2 Å². The average molecular weight is 254 g/mol. The highest BCUT2D eigenvalue weighted by Crippen LogP contribution is 2.21. The first-order chi connectivity index (χ1) is 8.66. The third kappa shape index (κ3) is 3.69. The molecular formula is C14H26N2O2. The fraction of sp³-hybridized carbons (Fsp3) is 0.929. The van der Waals surface area contributed by atoms with Crippen molar-refractivity contribution in [3.8, 4) is 0 Å². The van der Waals surface area contributed by atoms with Crippen LogP contribution < -0.4 is 5.32 Å². The summed E-state index contributed by atoms with van der Waals surface area (Å²) in [6.45, 7) is 6.29. The zero-order chi connectivity index (χ0) is 13.0. The molecule has 1 amide bonds. The van der Waals surface area contributed by atoms with Crippen LogP contribution in [-0.4, -0.2) is 42.8 Å². The molecule has 2 fully saturated rings. The second-order valence-electron chi connectivity index (χ2n) is 5.89. The van der Waals surface area contributed by atoms with E-state index in [0.717, 1.165) is 13.0 Å². The largest absolute Gasteiger partial charge is 0.376 e. The number of ether oxygens (including phenoxy) is 1. The quantitative estimate of drug-likeness (QED) is 0.785. The summed E-state index contributed by atoms with van der Waals surface area (Å²) in [7, 11) is 0. The molecule has 1 saturated carbocycles. The number of rotatable bonds is 6. The molecule has 1 atom stereocenters. The molecule has 1 aliphatic heterocycles. The number of hydrogen-bond donors (Lipinski definition) is 1. The van der Waals surface area contributed by atoms with Gasteiger partial charge in [-0.3, -0.25) is 10.1 Å². The van der Waals surface area contributed by atoms with Gasteiger partial charge < -0.3 is 9.64 Å². The number of carbonyl (C=O) groups excluding carboxylic acids is 1. The Kier molecular flexibility index (Phi) is 5.01. The Morgan fingerprint density at radius 2 is 2.11 bits per heavy atom. The molecule has 2 rings (SSSR count). The standard InChI is InChI=1S/C14H26N2O2/c1-11(2)9-13-15-10-14(17)16(13)7-8-18-12-5-3-4-6-12/h11-13,15H,3-10H2,1-2H3. The van der Waals surface area contributed by atoms with Gasteiger partial charge >= 0.3 is 0 Å². The molecule has 0 spiro atoms. The minimum atomic E-state index is 0.213. The maximum Gasteiger partial charge on any atom is 0.237 e. The van der Waals surface area contributed by atoms with Gasteiger partial charge in [-0.1, -0.05) is 26.7 Å². The summed E-state index contributed by atoms with van der Waals surface area (Å²) in [5.74, 6) is 0.822. The Balaban J connectivity index is 1.72. The van der Waals surface area contributed by atoms with Crippen LogP contribution in [0.5, 0.6) is 0 Å². The van der Waals surface area contributed by atoms with Gasteiger partial charge in [0.1, 0.15) is 0 Å². The fourth-order valence-corrected chi connectivity index (χ4v) is 2.90. The summed E-state index contributed by atoms with van der Waals surface area (Å²) in [4.78, 5) is 13.8. The van der Waals surface area contributed by atoms with Crippen molar-refractivity contribution in [2.75, 3.05) is 19.7 Å². The molecule has 1 heterocycles. The Bertz CT molecular complexity index is 275. The van der Waals surface area contributed by atoms with E-state index in [1.165, 1.54) is 25.7 Å². The molecule has 0 aromatic carbocycles. The van der Waals surface area contributed by atoms with Crippen molar-refractivity contribution in [2.45, 2.75) is 58.2 Å². The minimum Gasteiger partial charge on any atom is -0.376 e. The molecule has 18 heavy (non-hydrogen) atoms. The lowest BCUT2D eigenvalue weighted by atomic mass is 10.1. The molecular weight excluding hydrogens is 228 g/mol. The number of hydrogen-bond acceptors (Lipinski definition) is 3. The number of nitrogens with zero attached hydrogens (tertiary/aromatic N) is 1. The lowest BCUT2D eigenvalue weighted by molar-refractivity contribution is -0.129. The van der Waals surface area contributed by atoms with Crippen molar-refractivity contribution < 1.29 is 9.53 Å². The van der Waals surface area contributed by atoms with Gasteiger partial charge in [-0.25, -0.2) is 0 Å². The third-order valence-corrected chi connectivity index (χ3v) is 3.87. The zero-order valence-electron chi connectivity index (χ0n) is 11.7. The first-order valence-corrected chi connectivity index (χ1v) is 7.31. The molecule has 104 valence electrons. The van der Waals surface area contributed by atoms with Gasteiger partial charge in [0, 0.05) is 6.54 Å². The van der Waals surface area contributed by atoms with Crippen molar-refractivity contribution in [1.82, 2.24) is 10.2 Å². The van der Waals surface area contributed by atoms with Crippen LogP contribution in [0.25, 0.3) is 0 Å². The van der Waals surface area contributed by atoms with E-state index in [9.17, 15) is 4.79 Å². The maximum absolute atomic E-state index is 11.8. The van der Waals surface area contributed by atoms with Crippen LogP contribution in [0.3, 0.4) is 0 Å². The van der Waals surface area contributed by atoms with E-state index in [2.05, 4.69) is 19.2 Å². The van der Waals surface area contributed by atoms with Crippen molar-refractivity contribution in [3.05, 3.63) is 0 Å². The lowest BCUT2D eigenvalue weighted by Gasteiger charge is -2.26. The van der Waals surface area contributed by atoms with Gasteiger partial charge in [-0.2, -0.15) is 0 Å². The summed E-state index contributed by atoms with van der Waals surface area (Å²) in [5, 5.41) is 3.29. The van der Waals surface area contributed by atoms with Crippen LogP contribution in [0.2, 0.25) is 0 Å². The molecule has 1 unspecified atom stereocenters. The first-order valence-electron chi connectivity index (χ1n) is 7.31. The SMILES string of the molecule is CC(C)CC1NCC(=O)N1CCOC1CCCC1. The van der Waals surface area contributed by atoms with Crippen LogP contribution in [-0.2, 0) is 9.53 Å². The Labute approximate surface area is 110 Å². The monoisotopic (exact) mass is 254 g/mol. The van der Waals surface area contributed by atoms with Gasteiger partial charge in [-0.15, -0.1) is 0 Å². The van der Waals surface area contributed by atoms with Crippen LogP contribution in [0.1, 0.15) is 46.0 Å². The minimum absolute atomic E-state index is 0.213. The Morgan fingerprint density at radius 1 is 1.39 bits per heavy atom. The highest BCUT2D eigenvalue weighted by molar-refractivity contribution is 5.80. The van der Waals surface area contributed by atoms with E-state index in [4.69, 9.17) is 4.74 Å². The molecule has 1 aliphatic carbocycles. The summed E-state index contributed by atoms with van der Waals surface area (Å²) < 4.78 is 5.84. The topological polar surface area (TPSA) is 41.6 Å². The maximum atomic E-state index is 11.8. The molecule has 1 saturated heterocycles. The normalized spacial score (nSPS) is 25.6. The molecule has 4 heteroatoms. The molecule has 0 radical (unpaired) electrons. The summed E-state index contributed by atoms with van der Waals surface area (Å²) in [6.07, 6.45) is 6.66. The van der Waals surface area contributed by atoms with Crippen molar-refractivity contribution in [2.24, 2.45) is 5.92 Å². The second-order valence-corrected chi connectivity index (χ2v) is 5.89. The van der Waals surface area contributed by atoms with Crippen LogP contribution in [0.4, 0.5) is 0 Å². The van der Waals surface area contributed by atoms with Crippen molar-refractivity contribution in [3.63, 3.8) is 0 Å². The van der Waals surface area contributed by atoms with E-state index in [1.807, 2.05) is 4.90 Å². The fourth-order valence-electron chi connectivity index (χ4n) is 2.90.